The number of rotatable bonds is 3. The monoisotopic (exact) mass is 281 g/mol. The molecule has 0 atom stereocenters. The number of nitrogens with one attached hydrogen (secondary N) is 1. The normalized spacial score (nSPS) is 10.3. The van der Waals surface area contributed by atoms with Crippen LogP contribution in [0.15, 0.2) is 42.5 Å². The van der Waals surface area contributed by atoms with E-state index in [2.05, 4.69) is 5.32 Å². The molecule has 2 aromatic carbocycles. The van der Waals surface area contributed by atoms with Crippen LogP contribution in [0.3, 0.4) is 0 Å². The van der Waals surface area contributed by atoms with Gasteiger partial charge < -0.3 is 5.32 Å². The molecule has 0 bridgehead atoms. The van der Waals surface area contributed by atoms with E-state index >= 15 is 0 Å². The number of carbonyl (C=O) groups excluding carboxylic acids is 1. The number of halogens is 3. The van der Waals surface area contributed by atoms with Gasteiger partial charge >= 0.3 is 0 Å². The molecule has 0 heterocycles. The summed E-state index contributed by atoms with van der Waals surface area (Å²) in [5.41, 5.74) is 0.169. The minimum atomic E-state index is -0.886. The van der Waals surface area contributed by atoms with Crippen LogP contribution < -0.4 is 5.32 Å². The van der Waals surface area contributed by atoms with Crippen molar-refractivity contribution in [3.05, 3.63) is 70.2 Å². The van der Waals surface area contributed by atoms with E-state index in [4.69, 9.17) is 11.6 Å². The van der Waals surface area contributed by atoms with E-state index in [0.29, 0.717) is 5.02 Å². The molecule has 0 fully saturated rings. The molecule has 0 spiro atoms. The lowest BCUT2D eigenvalue weighted by atomic mass is 10.1. The second-order valence-corrected chi connectivity index (χ2v) is 4.35. The van der Waals surface area contributed by atoms with Gasteiger partial charge in [-0.1, -0.05) is 29.8 Å². The SMILES string of the molecule is O=C(NCc1cccc(Cl)c1)c1c(F)cccc1F. The van der Waals surface area contributed by atoms with E-state index in [0.717, 1.165) is 17.7 Å². The Morgan fingerprint density at radius 1 is 1.11 bits per heavy atom. The van der Waals surface area contributed by atoms with E-state index in [1.54, 1.807) is 24.3 Å². The number of hydrogen-bond acceptors (Lipinski definition) is 1. The summed E-state index contributed by atoms with van der Waals surface area (Å²) in [6, 6.07) is 10.1. The Labute approximate surface area is 114 Å². The topological polar surface area (TPSA) is 29.1 Å². The number of benzene rings is 2. The fraction of sp³-hybridized carbons (Fsp3) is 0.0714. The standard InChI is InChI=1S/C14H10ClF2NO/c15-10-4-1-3-9(7-10)8-18-14(19)13-11(16)5-2-6-12(13)17/h1-7H,8H2,(H,18,19). The molecule has 1 amide bonds. The summed E-state index contributed by atoms with van der Waals surface area (Å²) in [5.74, 6) is -2.57. The van der Waals surface area contributed by atoms with Crippen LogP contribution in [-0.4, -0.2) is 5.91 Å². The maximum Gasteiger partial charge on any atom is 0.257 e. The molecule has 5 heteroatoms. The first-order chi connectivity index (χ1) is 9.08. The molecule has 0 aliphatic carbocycles. The van der Waals surface area contributed by atoms with E-state index in [9.17, 15) is 13.6 Å². The maximum atomic E-state index is 13.4. The van der Waals surface area contributed by atoms with Crippen LogP contribution in [0.4, 0.5) is 8.78 Å². The molecule has 19 heavy (non-hydrogen) atoms. The highest BCUT2D eigenvalue weighted by Crippen LogP contribution is 2.13. The van der Waals surface area contributed by atoms with Crippen molar-refractivity contribution in [3.8, 4) is 0 Å². The Hall–Kier alpha value is -1.94. The van der Waals surface area contributed by atoms with Gasteiger partial charge in [-0.2, -0.15) is 0 Å². The second-order valence-electron chi connectivity index (χ2n) is 3.91. The average Bonchev–Trinajstić information content (AvgIpc) is 2.36. The lowest BCUT2D eigenvalue weighted by Gasteiger charge is -2.07. The van der Waals surface area contributed by atoms with Crippen molar-refractivity contribution in [2.75, 3.05) is 0 Å². The number of carbonyl (C=O) groups is 1. The molecule has 0 saturated carbocycles. The van der Waals surface area contributed by atoms with E-state index in [-0.39, 0.29) is 6.54 Å². The van der Waals surface area contributed by atoms with Crippen LogP contribution in [0.1, 0.15) is 15.9 Å². The van der Waals surface area contributed by atoms with Gasteiger partial charge in [-0.15, -0.1) is 0 Å². The predicted molar refractivity (Wildman–Crippen MR) is 69.0 cm³/mol. The fourth-order valence-electron chi connectivity index (χ4n) is 1.63. The van der Waals surface area contributed by atoms with Crippen LogP contribution in [0.5, 0.6) is 0 Å². The lowest BCUT2D eigenvalue weighted by molar-refractivity contribution is 0.0942. The number of hydrogen-bond donors (Lipinski definition) is 1. The molecule has 2 rings (SSSR count). The van der Waals surface area contributed by atoms with Crippen molar-refractivity contribution in [1.82, 2.24) is 5.32 Å². The molecule has 2 nitrogen and oxygen atoms in total. The molecule has 0 aliphatic rings. The van der Waals surface area contributed by atoms with Crippen LogP contribution in [-0.2, 0) is 6.54 Å². The van der Waals surface area contributed by atoms with Crippen molar-refractivity contribution < 1.29 is 13.6 Å². The molecule has 0 aliphatic heterocycles. The zero-order valence-electron chi connectivity index (χ0n) is 9.79. The minimum absolute atomic E-state index is 0.146. The highest BCUT2D eigenvalue weighted by atomic mass is 35.5. The van der Waals surface area contributed by atoms with E-state index in [1.807, 2.05) is 0 Å². The molecular weight excluding hydrogens is 272 g/mol. The molecule has 0 unspecified atom stereocenters. The second kappa shape index (κ2) is 5.80. The Balaban J connectivity index is 2.10. The third kappa shape index (κ3) is 3.29. The van der Waals surface area contributed by atoms with Crippen molar-refractivity contribution in [3.63, 3.8) is 0 Å². The average molecular weight is 282 g/mol. The van der Waals surface area contributed by atoms with Gasteiger partial charge in [0, 0.05) is 11.6 Å². The number of amides is 1. The summed E-state index contributed by atoms with van der Waals surface area (Å²) in [7, 11) is 0. The summed E-state index contributed by atoms with van der Waals surface area (Å²) >= 11 is 5.79. The van der Waals surface area contributed by atoms with Gasteiger partial charge in [-0.3, -0.25) is 4.79 Å². The van der Waals surface area contributed by atoms with E-state index < -0.39 is 23.1 Å². The molecule has 0 radical (unpaired) electrons. The highest BCUT2D eigenvalue weighted by molar-refractivity contribution is 6.30. The first-order valence-electron chi connectivity index (χ1n) is 5.54. The largest absolute Gasteiger partial charge is 0.348 e. The quantitative estimate of drug-likeness (QED) is 0.916. The van der Waals surface area contributed by atoms with Crippen molar-refractivity contribution >= 4 is 17.5 Å². The minimum Gasteiger partial charge on any atom is -0.348 e. The predicted octanol–water partition coefficient (Wildman–Crippen LogP) is 3.55. The first kappa shape index (κ1) is 13.5. The molecule has 1 N–H and O–H groups in total. The summed E-state index contributed by atoms with van der Waals surface area (Å²) < 4.78 is 26.7. The van der Waals surface area contributed by atoms with Crippen LogP contribution in [0.2, 0.25) is 5.02 Å². The zero-order chi connectivity index (χ0) is 13.8. The van der Waals surface area contributed by atoms with Gasteiger partial charge in [0.2, 0.25) is 0 Å². The van der Waals surface area contributed by atoms with Gasteiger partial charge in [0.25, 0.3) is 5.91 Å². The van der Waals surface area contributed by atoms with Crippen LogP contribution in [0, 0.1) is 11.6 Å². The zero-order valence-corrected chi connectivity index (χ0v) is 10.5. The van der Waals surface area contributed by atoms with Crippen LogP contribution in [0.25, 0.3) is 0 Å². The third-order valence-electron chi connectivity index (χ3n) is 2.53. The molecule has 98 valence electrons. The Morgan fingerprint density at radius 3 is 2.37 bits per heavy atom. The summed E-state index contributed by atoms with van der Waals surface area (Å²) in [4.78, 5) is 11.7. The molecule has 0 saturated heterocycles. The molecule has 0 aromatic heterocycles. The third-order valence-corrected chi connectivity index (χ3v) is 2.77. The van der Waals surface area contributed by atoms with Crippen molar-refractivity contribution in [1.29, 1.82) is 0 Å². The first-order valence-corrected chi connectivity index (χ1v) is 5.92. The van der Waals surface area contributed by atoms with Crippen molar-refractivity contribution in [2.45, 2.75) is 6.54 Å². The Kier molecular flexibility index (Phi) is 4.12. The summed E-state index contributed by atoms with van der Waals surface area (Å²) in [5, 5.41) is 2.98. The van der Waals surface area contributed by atoms with E-state index in [1.165, 1.54) is 6.07 Å². The lowest BCUT2D eigenvalue weighted by Crippen LogP contribution is -2.25. The summed E-state index contributed by atoms with van der Waals surface area (Å²) in [6.45, 7) is 0.146. The Bertz CT molecular complexity index is 596. The Morgan fingerprint density at radius 2 is 1.74 bits per heavy atom. The summed E-state index contributed by atoms with van der Waals surface area (Å²) in [6.07, 6.45) is 0. The molecule has 2 aromatic rings. The van der Waals surface area contributed by atoms with Gasteiger partial charge in [-0.05, 0) is 29.8 Å². The fourth-order valence-corrected chi connectivity index (χ4v) is 1.85. The van der Waals surface area contributed by atoms with Gasteiger partial charge in [0.15, 0.2) is 0 Å². The maximum absolute atomic E-state index is 13.4. The van der Waals surface area contributed by atoms with Gasteiger partial charge in [0.05, 0.1) is 0 Å². The van der Waals surface area contributed by atoms with Gasteiger partial charge in [-0.25, -0.2) is 8.78 Å². The van der Waals surface area contributed by atoms with Gasteiger partial charge in [0.1, 0.15) is 17.2 Å². The van der Waals surface area contributed by atoms with Crippen LogP contribution >= 0.6 is 11.6 Å². The van der Waals surface area contributed by atoms with Crippen molar-refractivity contribution in [2.24, 2.45) is 0 Å². The molecular formula is C14H10ClF2NO. The smallest absolute Gasteiger partial charge is 0.257 e. The highest BCUT2D eigenvalue weighted by Gasteiger charge is 2.16.